The van der Waals surface area contributed by atoms with Crippen molar-refractivity contribution in [1.82, 2.24) is 0 Å². The molecule has 0 aromatic carbocycles. The van der Waals surface area contributed by atoms with E-state index in [0.29, 0.717) is 10.9 Å². The molecule has 0 spiro atoms. The van der Waals surface area contributed by atoms with Crippen LogP contribution >= 0.6 is 11.6 Å². The highest BCUT2D eigenvalue weighted by Crippen LogP contribution is 2.31. The minimum atomic E-state index is -1.09. The van der Waals surface area contributed by atoms with Crippen molar-refractivity contribution in [2.75, 3.05) is 18.0 Å². The number of rotatable bonds is 2. The van der Waals surface area contributed by atoms with E-state index in [1.54, 1.807) is 0 Å². The summed E-state index contributed by atoms with van der Waals surface area (Å²) in [7, 11) is 0. The first-order valence-corrected chi connectivity index (χ1v) is 4.84. The van der Waals surface area contributed by atoms with Gasteiger partial charge in [0, 0.05) is 19.2 Å². The van der Waals surface area contributed by atoms with Crippen LogP contribution in [0.3, 0.4) is 0 Å². The molecule has 1 saturated heterocycles. The van der Waals surface area contributed by atoms with E-state index in [1.165, 1.54) is 6.07 Å². The van der Waals surface area contributed by atoms with Crippen molar-refractivity contribution in [2.45, 2.75) is 12.8 Å². The zero-order valence-corrected chi connectivity index (χ0v) is 8.25. The molecule has 0 atom stereocenters. The van der Waals surface area contributed by atoms with E-state index in [-0.39, 0.29) is 5.76 Å². The summed E-state index contributed by atoms with van der Waals surface area (Å²) >= 11 is 5.87. The molecule has 0 bridgehead atoms. The van der Waals surface area contributed by atoms with Crippen molar-refractivity contribution in [3.8, 4) is 0 Å². The fraction of sp³-hybridized carbons (Fsp3) is 0.444. The van der Waals surface area contributed by atoms with Gasteiger partial charge in [0.25, 0.3) is 0 Å². The predicted molar refractivity (Wildman–Crippen MR) is 52.1 cm³/mol. The third-order valence-corrected chi connectivity index (χ3v) is 2.54. The average molecular weight is 216 g/mol. The molecule has 1 aliphatic heterocycles. The smallest absolute Gasteiger partial charge is 0.371 e. The molecule has 0 unspecified atom stereocenters. The van der Waals surface area contributed by atoms with Crippen LogP contribution in [0, 0.1) is 0 Å². The molecule has 0 radical (unpaired) electrons. The molecule has 76 valence electrons. The Bertz CT molecular complexity index is 355. The van der Waals surface area contributed by atoms with Crippen molar-refractivity contribution >= 4 is 23.5 Å². The van der Waals surface area contributed by atoms with Crippen LogP contribution in [0.1, 0.15) is 23.4 Å². The number of carboxylic acids is 1. The lowest BCUT2D eigenvalue weighted by Gasteiger charge is -2.13. The maximum absolute atomic E-state index is 10.6. The number of anilines is 1. The average Bonchev–Trinajstić information content (AvgIpc) is 2.71. The first-order chi connectivity index (χ1) is 6.68. The number of furan rings is 1. The molecule has 1 aromatic heterocycles. The van der Waals surface area contributed by atoms with Crippen LogP contribution < -0.4 is 4.90 Å². The Morgan fingerprint density at radius 1 is 1.50 bits per heavy atom. The quantitative estimate of drug-likeness (QED) is 0.822. The van der Waals surface area contributed by atoms with E-state index in [4.69, 9.17) is 21.1 Å². The standard InChI is InChI=1S/C9H10ClNO3/c10-6-5-7(9(12)13)14-8(6)11-3-1-2-4-11/h5H,1-4H2,(H,12,13). The van der Waals surface area contributed by atoms with Crippen molar-refractivity contribution < 1.29 is 14.3 Å². The summed E-state index contributed by atoms with van der Waals surface area (Å²) < 4.78 is 5.15. The number of aromatic carboxylic acids is 1. The van der Waals surface area contributed by atoms with Crippen molar-refractivity contribution in [1.29, 1.82) is 0 Å². The van der Waals surface area contributed by atoms with E-state index >= 15 is 0 Å². The Balaban J connectivity index is 2.28. The maximum Gasteiger partial charge on any atom is 0.371 e. The molecule has 2 rings (SSSR count). The van der Waals surface area contributed by atoms with Crippen LogP contribution in [0.5, 0.6) is 0 Å². The number of halogens is 1. The monoisotopic (exact) mass is 215 g/mol. The van der Waals surface area contributed by atoms with Gasteiger partial charge in [-0.25, -0.2) is 4.79 Å². The van der Waals surface area contributed by atoms with Crippen LogP contribution in [0.25, 0.3) is 0 Å². The van der Waals surface area contributed by atoms with Crippen molar-refractivity contribution in [3.63, 3.8) is 0 Å². The summed E-state index contributed by atoms with van der Waals surface area (Å²) in [6, 6.07) is 1.34. The Kier molecular flexibility index (Phi) is 2.37. The van der Waals surface area contributed by atoms with Gasteiger partial charge in [0.2, 0.25) is 11.6 Å². The van der Waals surface area contributed by atoms with Crippen LogP contribution in [0.2, 0.25) is 5.02 Å². The molecule has 1 aromatic rings. The van der Waals surface area contributed by atoms with E-state index in [1.807, 2.05) is 4.90 Å². The highest BCUT2D eigenvalue weighted by molar-refractivity contribution is 6.33. The number of carboxylic acid groups (broad SMARTS) is 1. The highest BCUT2D eigenvalue weighted by atomic mass is 35.5. The third kappa shape index (κ3) is 1.57. The van der Waals surface area contributed by atoms with Crippen LogP contribution in [0.15, 0.2) is 10.5 Å². The summed E-state index contributed by atoms with van der Waals surface area (Å²) in [4.78, 5) is 12.6. The van der Waals surface area contributed by atoms with Gasteiger partial charge < -0.3 is 14.4 Å². The minimum Gasteiger partial charge on any atom is -0.475 e. The van der Waals surface area contributed by atoms with Crippen molar-refractivity contribution in [2.24, 2.45) is 0 Å². The molecule has 1 N–H and O–H groups in total. The molecule has 14 heavy (non-hydrogen) atoms. The molecular formula is C9H10ClNO3. The van der Waals surface area contributed by atoms with Crippen LogP contribution in [0.4, 0.5) is 5.88 Å². The van der Waals surface area contributed by atoms with E-state index in [0.717, 1.165) is 25.9 Å². The summed E-state index contributed by atoms with van der Waals surface area (Å²) in [6.45, 7) is 1.76. The second kappa shape index (κ2) is 3.53. The fourth-order valence-corrected chi connectivity index (χ4v) is 1.86. The van der Waals surface area contributed by atoms with Gasteiger partial charge in [-0.15, -0.1) is 0 Å². The number of hydrogen-bond donors (Lipinski definition) is 1. The summed E-state index contributed by atoms with van der Waals surface area (Å²) in [6.07, 6.45) is 2.19. The van der Waals surface area contributed by atoms with E-state index < -0.39 is 5.97 Å². The predicted octanol–water partition coefficient (Wildman–Crippen LogP) is 2.23. The molecule has 1 fully saturated rings. The number of carbonyl (C=O) groups is 1. The second-order valence-corrected chi connectivity index (χ2v) is 3.67. The van der Waals surface area contributed by atoms with E-state index in [2.05, 4.69) is 0 Å². The second-order valence-electron chi connectivity index (χ2n) is 3.26. The Labute approximate surface area is 86.1 Å². The fourth-order valence-electron chi connectivity index (χ4n) is 1.60. The summed E-state index contributed by atoms with van der Waals surface area (Å²) in [5.74, 6) is -0.698. The number of nitrogens with zero attached hydrogens (tertiary/aromatic N) is 1. The molecule has 4 nitrogen and oxygen atoms in total. The lowest BCUT2D eigenvalue weighted by atomic mass is 10.4. The van der Waals surface area contributed by atoms with Gasteiger partial charge in [0.1, 0.15) is 5.02 Å². The molecule has 2 heterocycles. The third-order valence-electron chi connectivity index (χ3n) is 2.27. The lowest BCUT2D eigenvalue weighted by Crippen LogP contribution is -2.17. The summed E-state index contributed by atoms with van der Waals surface area (Å²) in [5, 5.41) is 9.07. The van der Waals surface area contributed by atoms with Gasteiger partial charge in [-0.1, -0.05) is 11.6 Å². The Hall–Kier alpha value is -1.16. The Morgan fingerprint density at radius 2 is 2.14 bits per heavy atom. The molecule has 0 aliphatic carbocycles. The van der Waals surface area contributed by atoms with Crippen LogP contribution in [-0.4, -0.2) is 24.2 Å². The molecule has 0 amide bonds. The van der Waals surface area contributed by atoms with Gasteiger partial charge in [-0.05, 0) is 12.8 Å². The molecular weight excluding hydrogens is 206 g/mol. The highest BCUT2D eigenvalue weighted by Gasteiger charge is 2.21. The van der Waals surface area contributed by atoms with Gasteiger partial charge >= 0.3 is 5.97 Å². The maximum atomic E-state index is 10.6. The number of hydrogen-bond acceptors (Lipinski definition) is 3. The van der Waals surface area contributed by atoms with Gasteiger partial charge in [-0.2, -0.15) is 0 Å². The van der Waals surface area contributed by atoms with Crippen molar-refractivity contribution in [3.05, 3.63) is 16.8 Å². The van der Waals surface area contributed by atoms with Crippen LogP contribution in [-0.2, 0) is 0 Å². The topological polar surface area (TPSA) is 53.7 Å². The largest absolute Gasteiger partial charge is 0.475 e. The molecule has 0 saturated carbocycles. The molecule has 1 aliphatic rings. The minimum absolute atomic E-state index is 0.100. The Morgan fingerprint density at radius 3 is 2.64 bits per heavy atom. The normalized spacial score (nSPS) is 16.2. The first-order valence-electron chi connectivity index (χ1n) is 4.46. The van der Waals surface area contributed by atoms with Gasteiger partial charge in [0.15, 0.2) is 0 Å². The van der Waals surface area contributed by atoms with Gasteiger partial charge in [0.05, 0.1) is 0 Å². The SMILES string of the molecule is O=C(O)c1cc(Cl)c(N2CCCC2)o1. The van der Waals surface area contributed by atoms with Gasteiger partial charge in [-0.3, -0.25) is 0 Å². The zero-order valence-electron chi connectivity index (χ0n) is 7.49. The lowest BCUT2D eigenvalue weighted by molar-refractivity contribution is 0.0663. The first kappa shape index (κ1) is 9.40. The zero-order chi connectivity index (χ0) is 10.1. The molecule has 5 heteroatoms. The summed E-state index contributed by atoms with van der Waals surface area (Å²) in [5.41, 5.74) is 0. The van der Waals surface area contributed by atoms with E-state index in [9.17, 15) is 4.79 Å².